The third-order valence-electron chi connectivity index (χ3n) is 7.22. The number of hydrogen-bond acceptors (Lipinski definition) is 2. The molecule has 2 aliphatic carbocycles. The molecule has 0 radical (unpaired) electrons. The van der Waals surface area contributed by atoms with Crippen LogP contribution in [-0.2, 0) is 0 Å². The monoisotopic (exact) mass is 455 g/mol. The van der Waals surface area contributed by atoms with Crippen molar-refractivity contribution in [2.75, 3.05) is 0 Å². The van der Waals surface area contributed by atoms with Gasteiger partial charge in [-0.05, 0) is 80.4 Å². The molecular weight excluding hydrogens is 408 g/mol. The predicted octanol–water partition coefficient (Wildman–Crippen LogP) is 9.43. The van der Waals surface area contributed by atoms with Crippen LogP contribution in [0, 0.1) is 34.3 Å². The molecule has 0 aromatic heterocycles. The molecule has 0 aromatic carbocycles. The number of halogens is 2. The number of alkyl halides is 2. The van der Waals surface area contributed by atoms with Crippen molar-refractivity contribution in [2.45, 2.75) is 129 Å². The minimum Gasteiger partial charge on any atom is -0.246 e. The van der Waals surface area contributed by atoms with Crippen molar-refractivity contribution in [1.82, 2.24) is 0 Å². The second kappa shape index (κ2) is 17.0. The van der Waals surface area contributed by atoms with Crippen LogP contribution in [-0.4, -0.2) is 17.6 Å². The van der Waals surface area contributed by atoms with Gasteiger partial charge in [-0.1, -0.05) is 78.4 Å². The molecule has 0 amide bonds. The van der Waals surface area contributed by atoms with Crippen LogP contribution in [0.2, 0.25) is 0 Å². The number of rotatable bonds is 10. The highest BCUT2D eigenvalue weighted by Gasteiger charge is 2.35. The molecule has 4 heteroatoms. The first-order valence-corrected chi connectivity index (χ1v) is 14.0. The van der Waals surface area contributed by atoms with Gasteiger partial charge in [-0.15, -0.1) is 0 Å². The molecule has 1 nitrogen and oxygen atoms in total. The molecule has 31 heavy (non-hydrogen) atoms. The van der Waals surface area contributed by atoms with E-state index in [2.05, 4.69) is 26.0 Å². The van der Waals surface area contributed by atoms with Crippen LogP contribution in [0.1, 0.15) is 111 Å². The summed E-state index contributed by atoms with van der Waals surface area (Å²) >= 11 is 0.775. The smallest absolute Gasteiger partial charge is 0.133 e. The summed E-state index contributed by atoms with van der Waals surface area (Å²) in [5.41, 5.74) is 0. The summed E-state index contributed by atoms with van der Waals surface area (Å²) in [7, 11) is 0. The Bertz CT molecular complexity index is 510. The van der Waals surface area contributed by atoms with Crippen molar-refractivity contribution in [2.24, 2.45) is 23.7 Å². The van der Waals surface area contributed by atoms with Gasteiger partial charge < -0.3 is 0 Å². The summed E-state index contributed by atoms with van der Waals surface area (Å²) in [6.07, 6.45) is 16.8. The fraction of sp³-hybridized carbons (Fsp3) is 0.889. The summed E-state index contributed by atoms with van der Waals surface area (Å²) in [4.78, 5) is 0. The van der Waals surface area contributed by atoms with Gasteiger partial charge in [0.15, 0.2) is 0 Å². The summed E-state index contributed by atoms with van der Waals surface area (Å²) < 4.78 is 28.6. The molecule has 0 N–H and O–H groups in total. The van der Waals surface area contributed by atoms with Crippen molar-refractivity contribution < 1.29 is 8.78 Å². The molecule has 180 valence electrons. The van der Waals surface area contributed by atoms with Crippen LogP contribution < -0.4 is 0 Å². The highest BCUT2D eigenvalue weighted by molar-refractivity contribution is 8.04. The lowest BCUT2D eigenvalue weighted by atomic mass is 9.72. The van der Waals surface area contributed by atoms with Crippen LogP contribution in [0.15, 0.2) is 12.2 Å². The molecule has 2 saturated carbocycles. The van der Waals surface area contributed by atoms with Crippen molar-refractivity contribution >= 4 is 11.8 Å². The first kappa shape index (κ1) is 28.5. The van der Waals surface area contributed by atoms with Crippen molar-refractivity contribution in [3.63, 3.8) is 0 Å². The maximum Gasteiger partial charge on any atom is 0.133 e. The maximum absolute atomic E-state index is 14.5. The zero-order chi connectivity index (χ0) is 23.1. The Kier molecular flexibility index (Phi) is 15.6. The quantitative estimate of drug-likeness (QED) is 0.142. The SMILES string of the molecule is CC.CCCCCC(CCC)C1CCC(C=CC2CCC(F)C(SC#N)C(F)C2)CC1. The lowest BCUT2D eigenvalue weighted by Crippen LogP contribution is -2.27. The van der Waals surface area contributed by atoms with E-state index in [4.69, 9.17) is 5.26 Å². The fourth-order valence-electron chi connectivity index (χ4n) is 5.45. The Balaban J connectivity index is 0.00000233. The molecular formula is C27H47F2NS. The van der Waals surface area contributed by atoms with Gasteiger partial charge in [0.1, 0.15) is 17.7 Å². The van der Waals surface area contributed by atoms with Crippen molar-refractivity contribution in [3.05, 3.63) is 12.2 Å². The van der Waals surface area contributed by atoms with Crippen LogP contribution >= 0.6 is 11.8 Å². The number of thiocyanates is 1. The molecule has 0 aliphatic heterocycles. The first-order chi connectivity index (χ1) is 15.1. The molecule has 0 spiro atoms. The van der Waals surface area contributed by atoms with Gasteiger partial charge in [-0.25, -0.2) is 8.78 Å². The normalized spacial score (nSPS) is 32.5. The number of unbranched alkanes of at least 4 members (excludes halogenated alkanes) is 2. The maximum atomic E-state index is 14.5. The van der Waals surface area contributed by atoms with E-state index in [1.54, 1.807) is 0 Å². The average Bonchev–Trinajstić information content (AvgIpc) is 2.92. The second-order valence-corrected chi connectivity index (χ2v) is 10.3. The van der Waals surface area contributed by atoms with Gasteiger partial charge in [0.05, 0.1) is 5.25 Å². The molecule has 0 aromatic rings. The van der Waals surface area contributed by atoms with Gasteiger partial charge >= 0.3 is 0 Å². The van der Waals surface area contributed by atoms with E-state index in [-0.39, 0.29) is 5.92 Å². The van der Waals surface area contributed by atoms with Crippen LogP contribution in [0.5, 0.6) is 0 Å². The summed E-state index contributed by atoms with van der Waals surface area (Å²) in [6, 6.07) is 0. The Hall–Kier alpha value is -0.560. The summed E-state index contributed by atoms with van der Waals surface area (Å²) in [5.74, 6) is 2.52. The van der Waals surface area contributed by atoms with Gasteiger partial charge in [0.2, 0.25) is 0 Å². The Morgan fingerprint density at radius 2 is 1.52 bits per heavy atom. The van der Waals surface area contributed by atoms with E-state index in [9.17, 15) is 8.78 Å². The molecule has 5 unspecified atom stereocenters. The molecule has 2 rings (SSSR count). The van der Waals surface area contributed by atoms with Crippen LogP contribution in [0.4, 0.5) is 8.78 Å². The number of nitriles is 1. The molecule has 2 aliphatic rings. The third-order valence-corrected chi connectivity index (χ3v) is 8.19. The number of hydrogen-bond donors (Lipinski definition) is 0. The van der Waals surface area contributed by atoms with E-state index in [1.165, 1.54) is 64.2 Å². The highest BCUT2D eigenvalue weighted by Crippen LogP contribution is 2.39. The summed E-state index contributed by atoms with van der Waals surface area (Å²) in [6.45, 7) is 8.59. The van der Waals surface area contributed by atoms with Gasteiger partial charge in [-0.2, -0.15) is 5.26 Å². The minimum atomic E-state index is -1.22. The summed E-state index contributed by atoms with van der Waals surface area (Å²) in [5, 5.41) is 9.88. The topological polar surface area (TPSA) is 23.8 Å². The van der Waals surface area contributed by atoms with Crippen LogP contribution in [0.3, 0.4) is 0 Å². The molecule has 0 bridgehead atoms. The lowest BCUT2D eigenvalue weighted by Gasteiger charge is -2.33. The van der Waals surface area contributed by atoms with Gasteiger partial charge in [0, 0.05) is 0 Å². The average molecular weight is 456 g/mol. The molecule has 5 atom stereocenters. The van der Waals surface area contributed by atoms with Gasteiger partial charge in [0.25, 0.3) is 0 Å². The lowest BCUT2D eigenvalue weighted by molar-refractivity contribution is 0.198. The fourth-order valence-corrected chi connectivity index (χ4v) is 6.12. The Labute approximate surface area is 195 Å². The van der Waals surface area contributed by atoms with E-state index >= 15 is 0 Å². The Morgan fingerprint density at radius 1 is 0.871 bits per heavy atom. The Morgan fingerprint density at radius 3 is 2.13 bits per heavy atom. The van der Waals surface area contributed by atoms with Crippen molar-refractivity contribution in [3.8, 4) is 5.40 Å². The largest absolute Gasteiger partial charge is 0.246 e. The molecule has 2 fully saturated rings. The van der Waals surface area contributed by atoms with E-state index in [0.717, 1.165) is 23.6 Å². The van der Waals surface area contributed by atoms with Gasteiger partial charge in [-0.3, -0.25) is 0 Å². The van der Waals surface area contributed by atoms with E-state index in [0.29, 0.717) is 25.2 Å². The molecule has 0 heterocycles. The highest BCUT2D eigenvalue weighted by atomic mass is 32.2. The predicted molar refractivity (Wildman–Crippen MR) is 133 cm³/mol. The zero-order valence-electron chi connectivity index (χ0n) is 20.5. The zero-order valence-corrected chi connectivity index (χ0v) is 21.3. The first-order valence-electron chi connectivity index (χ1n) is 13.1. The van der Waals surface area contributed by atoms with Crippen LogP contribution in [0.25, 0.3) is 0 Å². The number of allylic oxidation sites excluding steroid dienone is 2. The standard InChI is InChI=1S/C25H41F2NS.C2H6/c1-3-5-6-8-21(7-4-2)22-14-11-19(12-15-22)9-10-20-13-16-23(26)25(29-18-28)24(27)17-20;1-2/h9-10,19-25H,3-8,11-17H2,1-2H3;1-2H3. The third kappa shape index (κ3) is 10.3. The number of nitrogens with zero attached hydrogens (tertiary/aromatic N) is 1. The van der Waals surface area contributed by atoms with Crippen molar-refractivity contribution in [1.29, 1.82) is 5.26 Å². The van der Waals surface area contributed by atoms with E-state index in [1.807, 2.05) is 19.2 Å². The minimum absolute atomic E-state index is 0.118. The molecule has 0 saturated heterocycles. The number of thioether (sulfide) groups is 1. The second-order valence-electron chi connectivity index (χ2n) is 9.38. The van der Waals surface area contributed by atoms with E-state index < -0.39 is 17.6 Å².